The first kappa shape index (κ1) is 18.4. The molecule has 0 aliphatic rings. The third kappa shape index (κ3) is 5.31. The number of carboxylic acid groups (broad SMARTS) is 1. The topological polar surface area (TPSA) is 76.1 Å². The minimum Gasteiger partial charge on any atom is -0.495 e. The van der Waals surface area contributed by atoms with Gasteiger partial charge in [0.2, 0.25) is 0 Å². The Hall–Kier alpha value is -1.60. The van der Waals surface area contributed by atoms with Crippen LogP contribution >= 0.6 is 11.3 Å². The van der Waals surface area contributed by atoms with Crippen molar-refractivity contribution in [2.45, 2.75) is 20.3 Å². The molecule has 0 saturated heterocycles. The second-order valence-electron chi connectivity index (χ2n) is 4.86. The van der Waals surface area contributed by atoms with Crippen molar-refractivity contribution in [3.63, 3.8) is 0 Å². The number of ether oxygens (including phenoxy) is 2. The van der Waals surface area contributed by atoms with Gasteiger partial charge in [0.1, 0.15) is 10.6 Å². The van der Waals surface area contributed by atoms with Crippen LogP contribution in [0.2, 0.25) is 0 Å². The van der Waals surface area contributed by atoms with Crippen molar-refractivity contribution in [3.05, 3.63) is 16.3 Å². The molecule has 1 heterocycles. The molecule has 7 heteroatoms. The van der Waals surface area contributed by atoms with Crippen molar-refractivity contribution in [1.29, 1.82) is 0 Å². The van der Waals surface area contributed by atoms with Gasteiger partial charge >= 0.3 is 5.97 Å². The second-order valence-corrected chi connectivity index (χ2v) is 5.78. The first-order valence-electron chi connectivity index (χ1n) is 7.22. The van der Waals surface area contributed by atoms with Gasteiger partial charge in [-0.1, -0.05) is 6.92 Å². The largest absolute Gasteiger partial charge is 0.495 e. The van der Waals surface area contributed by atoms with E-state index in [-0.39, 0.29) is 12.5 Å². The van der Waals surface area contributed by atoms with Gasteiger partial charge in [0, 0.05) is 26.3 Å². The molecule has 0 aliphatic carbocycles. The molecule has 1 aromatic rings. The minimum atomic E-state index is -0.916. The van der Waals surface area contributed by atoms with Crippen molar-refractivity contribution < 1.29 is 24.2 Å². The number of methoxy groups -OCH3 is 1. The highest BCUT2D eigenvalue weighted by molar-refractivity contribution is 7.12. The molecule has 0 radical (unpaired) electrons. The Kier molecular flexibility index (Phi) is 7.90. The number of carboxylic acids is 1. The summed E-state index contributed by atoms with van der Waals surface area (Å²) in [6, 6.07) is 1.73. The number of nitrogens with zero attached hydrogens (tertiary/aromatic N) is 1. The Balaban J connectivity index is 2.78. The third-order valence-corrected chi connectivity index (χ3v) is 4.05. The quantitative estimate of drug-likeness (QED) is 0.667. The van der Waals surface area contributed by atoms with Gasteiger partial charge in [-0.2, -0.15) is 0 Å². The maximum Gasteiger partial charge on any atom is 0.308 e. The molecule has 124 valence electrons. The molecule has 6 nitrogen and oxygen atoms in total. The van der Waals surface area contributed by atoms with Gasteiger partial charge in [-0.3, -0.25) is 9.59 Å². The van der Waals surface area contributed by atoms with Gasteiger partial charge in [0.05, 0.1) is 13.0 Å². The maximum atomic E-state index is 12.6. The van der Waals surface area contributed by atoms with E-state index in [4.69, 9.17) is 14.6 Å². The summed E-state index contributed by atoms with van der Waals surface area (Å²) in [5.74, 6) is -1.22. The van der Waals surface area contributed by atoms with E-state index >= 15 is 0 Å². The average molecular weight is 329 g/mol. The standard InChI is InChI=1S/C15H23NO5S/c1-4-21-8-5-7-16(10-11(2)15(18)19)14(17)13-12(20-3)6-9-22-13/h6,9,11H,4-5,7-8,10H2,1-3H3,(H,18,19). The molecule has 1 N–H and O–H groups in total. The summed E-state index contributed by atoms with van der Waals surface area (Å²) in [6.45, 7) is 5.29. The van der Waals surface area contributed by atoms with E-state index in [1.807, 2.05) is 6.92 Å². The fourth-order valence-corrected chi connectivity index (χ4v) is 2.77. The molecule has 0 fully saturated rings. The van der Waals surface area contributed by atoms with Crippen LogP contribution in [0.5, 0.6) is 5.75 Å². The summed E-state index contributed by atoms with van der Waals surface area (Å²) in [7, 11) is 1.51. The van der Waals surface area contributed by atoms with Crippen LogP contribution < -0.4 is 4.74 Å². The molecule has 1 unspecified atom stereocenters. The highest BCUT2D eigenvalue weighted by atomic mass is 32.1. The predicted octanol–water partition coefficient (Wildman–Crippen LogP) is 2.35. The lowest BCUT2D eigenvalue weighted by atomic mass is 10.1. The van der Waals surface area contributed by atoms with E-state index in [1.54, 1.807) is 23.3 Å². The maximum absolute atomic E-state index is 12.6. The van der Waals surface area contributed by atoms with Crippen molar-refractivity contribution in [3.8, 4) is 5.75 Å². The van der Waals surface area contributed by atoms with E-state index in [2.05, 4.69) is 0 Å². The fraction of sp³-hybridized carbons (Fsp3) is 0.600. The van der Waals surface area contributed by atoms with E-state index in [0.717, 1.165) is 0 Å². The molecule has 1 rings (SSSR count). The molecular weight excluding hydrogens is 306 g/mol. The summed E-state index contributed by atoms with van der Waals surface area (Å²) in [6.07, 6.45) is 0.666. The van der Waals surface area contributed by atoms with Crippen LogP contribution in [0, 0.1) is 5.92 Å². The molecule has 0 saturated carbocycles. The van der Waals surface area contributed by atoms with Gasteiger partial charge in [0.15, 0.2) is 0 Å². The number of carbonyl (C=O) groups excluding carboxylic acids is 1. The van der Waals surface area contributed by atoms with Crippen molar-refractivity contribution in [1.82, 2.24) is 4.90 Å². The highest BCUT2D eigenvalue weighted by Gasteiger charge is 2.24. The van der Waals surface area contributed by atoms with Gasteiger partial charge in [0.25, 0.3) is 5.91 Å². The van der Waals surface area contributed by atoms with E-state index in [9.17, 15) is 9.59 Å². The average Bonchev–Trinajstić information content (AvgIpc) is 2.97. The fourth-order valence-electron chi connectivity index (χ4n) is 1.94. The highest BCUT2D eigenvalue weighted by Crippen LogP contribution is 2.26. The Labute approximate surface area is 134 Å². The first-order valence-corrected chi connectivity index (χ1v) is 8.10. The molecule has 0 spiro atoms. The van der Waals surface area contributed by atoms with E-state index in [0.29, 0.717) is 36.8 Å². The normalized spacial score (nSPS) is 12.0. The molecule has 22 heavy (non-hydrogen) atoms. The summed E-state index contributed by atoms with van der Waals surface area (Å²) >= 11 is 1.29. The van der Waals surface area contributed by atoms with E-state index < -0.39 is 11.9 Å². The Morgan fingerprint density at radius 3 is 2.77 bits per heavy atom. The SMILES string of the molecule is CCOCCCN(CC(C)C(=O)O)C(=O)c1sccc1OC. The number of amides is 1. The van der Waals surface area contributed by atoms with Gasteiger partial charge in [-0.15, -0.1) is 11.3 Å². The lowest BCUT2D eigenvalue weighted by molar-refractivity contribution is -0.141. The summed E-state index contributed by atoms with van der Waals surface area (Å²) in [5, 5.41) is 10.9. The van der Waals surface area contributed by atoms with Crippen LogP contribution in [0.25, 0.3) is 0 Å². The van der Waals surface area contributed by atoms with Crippen LogP contribution in [0.15, 0.2) is 11.4 Å². The second kappa shape index (κ2) is 9.42. The van der Waals surface area contributed by atoms with Gasteiger partial charge in [-0.05, 0) is 24.8 Å². The third-order valence-electron chi connectivity index (χ3n) is 3.17. The number of rotatable bonds is 10. The van der Waals surface area contributed by atoms with E-state index in [1.165, 1.54) is 18.4 Å². The van der Waals surface area contributed by atoms with Crippen LogP contribution in [0.4, 0.5) is 0 Å². The number of hydrogen-bond acceptors (Lipinski definition) is 5. The number of thiophene rings is 1. The molecule has 0 aromatic carbocycles. The molecule has 1 amide bonds. The monoisotopic (exact) mass is 329 g/mol. The van der Waals surface area contributed by atoms with Crippen LogP contribution in [0.3, 0.4) is 0 Å². The number of aliphatic carboxylic acids is 1. The summed E-state index contributed by atoms with van der Waals surface area (Å²) < 4.78 is 10.4. The van der Waals surface area contributed by atoms with Crippen LogP contribution in [-0.4, -0.2) is 55.3 Å². The molecule has 1 aromatic heterocycles. The molecule has 1 atom stereocenters. The molecule has 0 bridgehead atoms. The zero-order valence-corrected chi connectivity index (χ0v) is 14.0. The van der Waals surface area contributed by atoms with Crippen molar-refractivity contribution >= 4 is 23.2 Å². The van der Waals surface area contributed by atoms with Crippen molar-refractivity contribution in [2.24, 2.45) is 5.92 Å². The van der Waals surface area contributed by atoms with Crippen LogP contribution in [0.1, 0.15) is 29.9 Å². The number of hydrogen-bond donors (Lipinski definition) is 1. The minimum absolute atomic E-state index is 0.168. The Bertz CT molecular complexity index is 488. The lowest BCUT2D eigenvalue weighted by Crippen LogP contribution is -2.37. The predicted molar refractivity (Wildman–Crippen MR) is 84.7 cm³/mol. The first-order chi connectivity index (χ1) is 10.5. The zero-order valence-electron chi connectivity index (χ0n) is 13.2. The van der Waals surface area contributed by atoms with Gasteiger partial charge in [-0.25, -0.2) is 0 Å². The summed E-state index contributed by atoms with van der Waals surface area (Å²) in [5.41, 5.74) is 0. The van der Waals surface area contributed by atoms with Crippen LogP contribution in [-0.2, 0) is 9.53 Å². The summed E-state index contributed by atoms with van der Waals surface area (Å²) in [4.78, 5) is 25.7. The number of carbonyl (C=O) groups is 2. The van der Waals surface area contributed by atoms with Crippen molar-refractivity contribution in [2.75, 3.05) is 33.4 Å². The molecule has 0 aliphatic heterocycles. The van der Waals surface area contributed by atoms with Gasteiger partial charge < -0.3 is 19.5 Å². The smallest absolute Gasteiger partial charge is 0.308 e. The lowest BCUT2D eigenvalue weighted by Gasteiger charge is -2.24. The zero-order chi connectivity index (χ0) is 16.5. The Morgan fingerprint density at radius 2 is 2.18 bits per heavy atom. The Morgan fingerprint density at radius 1 is 1.45 bits per heavy atom. The molecular formula is C15H23NO5S.